The van der Waals surface area contributed by atoms with Crippen molar-refractivity contribution >= 4 is 27.9 Å². The highest BCUT2D eigenvalue weighted by molar-refractivity contribution is 7.14. The molecular formula is C14H14N4OS. The molecule has 0 atom stereocenters. The van der Waals surface area contributed by atoms with Crippen LogP contribution in [0.25, 0.3) is 4.96 Å². The summed E-state index contributed by atoms with van der Waals surface area (Å²) < 4.78 is 1.58. The van der Waals surface area contributed by atoms with Gasteiger partial charge in [0.05, 0.1) is 5.69 Å². The van der Waals surface area contributed by atoms with E-state index in [1.807, 2.05) is 39.0 Å². The van der Waals surface area contributed by atoms with E-state index in [0.29, 0.717) is 11.4 Å². The summed E-state index contributed by atoms with van der Waals surface area (Å²) in [6, 6.07) is 5.85. The molecular weight excluding hydrogens is 272 g/mol. The number of carbonyl (C=O) groups is 1. The van der Waals surface area contributed by atoms with Gasteiger partial charge in [0, 0.05) is 5.69 Å². The second-order valence-electron chi connectivity index (χ2n) is 4.68. The Morgan fingerprint density at radius 3 is 2.90 bits per heavy atom. The van der Waals surface area contributed by atoms with E-state index in [1.54, 1.807) is 10.0 Å². The molecule has 2 aromatic heterocycles. The van der Waals surface area contributed by atoms with Gasteiger partial charge in [-0.1, -0.05) is 23.5 Å². The van der Waals surface area contributed by atoms with E-state index < -0.39 is 0 Å². The largest absolute Gasteiger partial charge is 0.320 e. The first kappa shape index (κ1) is 12.8. The van der Waals surface area contributed by atoms with Gasteiger partial charge in [0.1, 0.15) is 5.51 Å². The molecule has 0 unspecified atom stereocenters. The molecule has 0 bridgehead atoms. The molecule has 2 heterocycles. The first-order valence-corrected chi connectivity index (χ1v) is 7.12. The minimum Gasteiger partial charge on any atom is -0.320 e. The van der Waals surface area contributed by atoms with Gasteiger partial charge in [0.15, 0.2) is 5.69 Å². The van der Waals surface area contributed by atoms with Crippen LogP contribution < -0.4 is 5.32 Å². The van der Waals surface area contributed by atoms with Crippen molar-refractivity contribution in [1.82, 2.24) is 14.6 Å². The normalized spacial score (nSPS) is 10.9. The first-order chi connectivity index (χ1) is 9.58. The molecule has 0 aliphatic heterocycles. The summed E-state index contributed by atoms with van der Waals surface area (Å²) in [4.78, 5) is 17.5. The Balaban J connectivity index is 1.99. The van der Waals surface area contributed by atoms with Crippen molar-refractivity contribution in [1.29, 1.82) is 0 Å². The molecule has 0 saturated heterocycles. The quantitative estimate of drug-likeness (QED) is 0.788. The Morgan fingerprint density at radius 2 is 2.10 bits per heavy atom. The molecule has 1 amide bonds. The SMILES string of the molecule is Cc1cccc(NC(=O)c2c(C)nc3scnn23)c1C. The van der Waals surface area contributed by atoms with E-state index in [4.69, 9.17) is 0 Å². The summed E-state index contributed by atoms with van der Waals surface area (Å²) in [5.41, 5.74) is 5.88. The summed E-state index contributed by atoms with van der Waals surface area (Å²) >= 11 is 1.41. The average molecular weight is 286 g/mol. The molecule has 0 saturated carbocycles. The second-order valence-corrected chi connectivity index (χ2v) is 5.49. The zero-order valence-electron chi connectivity index (χ0n) is 11.5. The molecule has 102 valence electrons. The summed E-state index contributed by atoms with van der Waals surface area (Å²) in [5, 5.41) is 7.10. The number of fused-ring (bicyclic) bond motifs is 1. The van der Waals surface area contributed by atoms with Gasteiger partial charge in [-0.15, -0.1) is 0 Å². The first-order valence-electron chi connectivity index (χ1n) is 6.24. The molecule has 0 spiro atoms. The van der Waals surface area contributed by atoms with Crippen molar-refractivity contribution in [2.75, 3.05) is 5.32 Å². The molecule has 3 aromatic rings. The Bertz CT molecular complexity index is 803. The standard InChI is InChI=1S/C14H14N4OS/c1-8-5-4-6-11(9(8)2)17-13(19)12-10(3)16-14-18(12)15-7-20-14/h4-7H,1-3H3,(H,17,19). The Labute approximate surface area is 120 Å². The van der Waals surface area contributed by atoms with Crippen LogP contribution in [0.3, 0.4) is 0 Å². The summed E-state index contributed by atoms with van der Waals surface area (Å²) in [5.74, 6) is -0.186. The average Bonchev–Trinajstić information content (AvgIpc) is 2.94. The van der Waals surface area contributed by atoms with E-state index >= 15 is 0 Å². The van der Waals surface area contributed by atoms with Gasteiger partial charge >= 0.3 is 0 Å². The smallest absolute Gasteiger partial charge is 0.276 e. The molecule has 0 aliphatic carbocycles. The maximum absolute atomic E-state index is 12.5. The van der Waals surface area contributed by atoms with Crippen LogP contribution in [0.4, 0.5) is 5.69 Å². The second kappa shape index (κ2) is 4.72. The minimum atomic E-state index is -0.186. The van der Waals surface area contributed by atoms with Gasteiger partial charge in [-0.25, -0.2) is 4.98 Å². The fourth-order valence-corrected chi connectivity index (χ4v) is 2.79. The highest BCUT2D eigenvalue weighted by atomic mass is 32.1. The Hall–Kier alpha value is -2.21. The van der Waals surface area contributed by atoms with Crippen LogP contribution in [0.15, 0.2) is 23.7 Å². The van der Waals surface area contributed by atoms with Gasteiger partial charge in [0.25, 0.3) is 5.91 Å². The number of nitrogens with zero attached hydrogens (tertiary/aromatic N) is 3. The number of benzene rings is 1. The number of carbonyl (C=O) groups excluding carboxylic acids is 1. The lowest BCUT2D eigenvalue weighted by Crippen LogP contribution is -2.16. The van der Waals surface area contributed by atoms with Crippen molar-refractivity contribution in [3.05, 3.63) is 46.2 Å². The topological polar surface area (TPSA) is 59.3 Å². The predicted molar refractivity (Wildman–Crippen MR) is 79.5 cm³/mol. The van der Waals surface area contributed by atoms with E-state index in [1.165, 1.54) is 11.3 Å². The molecule has 0 fully saturated rings. The zero-order valence-corrected chi connectivity index (χ0v) is 12.3. The fraction of sp³-hybridized carbons (Fsp3) is 0.214. The van der Waals surface area contributed by atoms with Crippen LogP contribution in [-0.4, -0.2) is 20.5 Å². The van der Waals surface area contributed by atoms with Gasteiger partial charge in [0.2, 0.25) is 4.96 Å². The number of amides is 1. The van der Waals surface area contributed by atoms with E-state index in [-0.39, 0.29) is 5.91 Å². The number of anilines is 1. The summed E-state index contributed by atoms with van der Waals surface area (Å²) in [7, 11) is 0. The van der Waals surface area contributed by atoms with E-state index in [9.17, 15) is 4.79 Å². The van der Waals surface area contributed by atoms with Gasteiger partial charge in [-0.05, 0) is 38.0 Å². The van der Waals surface area contributed by atoms with Crippen LogP contribution in [0, 0.1) is 20.8 Å². The van der Waals surface area contributed by atoms with Crippen LogP contribution in [0.1, 0.15) is 27.3 Å². The number of aromatic nitrogens is 3. The number of hydrogen-bond donors (Lipinski definition) is 1. The lowest BCUT2D eigenvalue weighted by Gasteiger charge is -2.10. The summed E-state index contributed by atoms with van der Waals surface area (Å²) in [6.45, 7) is 5.83. The van der Waals surface area contributed by atoms with Crippen molar-refractivity contribution in [3.63, 3.8) is 0 Å². The summed E-state index contributed by atoms with van der Waals surface area (Å²) in [6.07, 6.45) is 0. The molecule has 5 nitrogen and oxygen atoms in total. The van der Waals surface area contributed by atoms with Crippen molar-refractivity contribution in [2.24, 2.45) is 0 Å². The van der Waals surface area contributed by atoms with Gasteiger partial charge in [-0.3, -0.25) is 4.79 Å². The van der Waals surface area contributed by atoms with Crippen LogP contribution in [0.2, 0.25) is 0 Å². The molecule has 6 heteroatoms. The molecule has 20 heavy (non-hydrogen) atoms. The van der Waals surface area contributed by atoms with Crippen molar-refractivity contribution < 1.29 is 4.79 Å². The molecule has 1 N–H and O–H groups in total. The van der Waals surface area contributed by atoms with Crippen LogP contribution in [-0.2, 0) is 0 Å². The third kappa shape index (κ3) is 1.98. The highest BCUT2D eigenvalue weighted by Crippen LogP contribution is 2.20. The van der Waals surface area contributed by atoms with Crippen molar-refractivity contribution in [2.45, 2.75) is 20.8 Å². The maximum Gasteiger partial charge on any atom is 0.276 e. The molecule has 0 radical (unpaired) electrons. The van der Waals surface area contributed by atoms with E-state index in [2.05, 4.69) is 15.4 Å². The van der Waals surface area contributed by atoms with Crippen molar-refractivity contribution in [3.8, 4) is 0 Å². The predicted octanol–water partition coefficient (Wildman–Crippen LogP) is 2.97. The monoisotopic (exact) mass is 286 g/mol. The number of imidazole rings is 1. The zero-order chi connectivity index (χ0) is 14.3. The molecule has 3 rings (SSSR count). The Kier molecular flexibility index (Phi) is 3.02. The Morgan fingerprint density at radius 1 is 1.30 bits per heavy atom. The number of nitrogens with one attached hydrogen (secondary N) is 1. The van der Waals surface area contributed by atoms with E-state index in [0.717, 1.165) is 21.8 Å². The van der Waals surface area contributed by atoms with Gasteiger partial charge < -0.3 is 5.32 Å². The molecule has 0 aliphatic rings. The van der Waals surface area contributed by atoms with Gasteiger partial charge in [-0.2, -0.15) is 9.61 Å². The minimum absolute atomic E-state index is 0.186. The number of aryl methyl sites for hydroxylation is 2. The van der Waals surface area contributed by atoms with Crippen LogP contribution in [0.5, 0.6) is 0 Å². The number of hydrogen-bond acceptors (Lipinski definition) is 4. The lowest BCUT2D eigenvalue weighted by molar-refractivity contribution is 0.101. The fourth-order valence-electron chi connectivity index (χ4n) is 2.12. The maximum atomic E-state index is 12.5. The highest BCUT2D eigenvalue weighted by Gasteiger charge is 2.19. The third-order valence-electron chi connectivity index (χ3n) is 3.39. The third-order valence-corrected chi connectivity index (χ3v) is 4.06. The lowest BCUT2D eigenvalue weighted by atomic mass is 10.1. The molecule has 1 aromatic carbocycles. The number of rotatable bonds is 2. The van der Waals surface area contributed by atoms with Crippen LogP contribution >= 0.6 is 11.3 Å².